The van der Waals surface area contributed by atoms with Crippen molar-refractivity contribution in [3.8, 4) is 0 Å². The van der Waals surface area contributed by atoms with Crippen LogP contribution in [0.4, 0.5) is 0 Å². The molecule has 2 heterocycles. The third-order valence-electron chi connectivity index (χ3n) is 3.90. The maximum Gasteiger partial charge on any atom is 0.336 e. The van der Waals surface area contributed by atoms with E-state index in [4.69, 9.17) is 4.74 Å². The minimum absolute atomic E-state index is 0.140. The molecule has 1 aromatic rings. The second-order valence-electron chi connectivity index (χ2n) is 5.56. The van der Waals surface area contributed by atoms with Crippen molar-refractivity contribution in [3.63, 3.8) is 0 Å². The Hall–Kier alpha value is -2.28. The first-order chi connectivity index (χ1) is 11.6. The first kappa shape index (κ1) is 16.6. The van der Waals surface area contributed by atoms with Gasteiger partial charge in [-0.25, -0.2) is 4.79 Å². The van der Waals surface area contributed by atoms with Crippen LogP contribution in [0.15, 0.2) is 42.1 Å². The highest BCUT2D eigenvalue weighted by Crippen LogP contribution is 2.36. The molecule has 0 spiro atoms. The lowest BCUT2D eigenvalue weighted by Crippen LogP contribution is -2.68. The second-order valence-corrected chi connectivity index (χ2v) is 6.67. The van der Waals surface area contributed by atoms with Gasteiger partial charge in [-0.15, -0.1) is 11.8 Å². The highest BCUT2D eigenvalue weighted by Gasteiger charge is 2.49. The summed E-state index contributed by atoms with van der Waals surface area (Å²) in [5.74, 6) is -0.299. The zero-order chi connectivity index (χ0) is 17.1. The molecule has 2 amide bonds. The number of carbonyl (C=O) groups is 3. The minimum Gasteiger partial charge on any atom is -0.457 e. The molecule has 0 aromatic heterocycles. The molecular formula is C17H18N2O4S. The summed E-state index contributed by atoms with van der Waals surface area (Å²) in [5.41, 5.74) is 1.37. The zero-order valence-corrected chi connectivity index (χ0v) is 14.0. The summed E-state index contributed by atoms with van der Waals surface area (Å²) in [6.07, 6.45) is 1.89. The summed E-state index contributed by atoms with van der Waals surface area (Å²) in [7, 11) is 0. The predicted octanol–water partition coefficient (Wildman–Crippen LogP) is 1.42. The molecule has 24 heavy (non-hydrogen) atoms. The van der Waals surface area contributed by atoms with E-state index in [0.717, 1.165) is 5.56 Å². The Morgan fingerprint density at radius 1 is 1.33 bits per heavy atom. The molecule has 1 aromatic carbocycles. The summed E-state index contributed by atoms with van der Waals surface area (Å²) in [4.78, 5) is 37.2. The van der Waals surface area contributed by atoms with Gasteiger partial charge in [0, 0.05) is 18.4 Å². The molecule has 3 rings (SSSR count). The lowest BCUT2D eigenvalue weighted by molar-refractivity contribution is -0.145. The number of hydrogen-bond donors (Lipinski definition) is 1. The molecule has 1 saturated heterocycles. The minimum atomic E-state index is -0.499. The fraction of sp³-hybridized carbons (Fsp3) is 0.353. The van der Waals surface area contributed by atoms with E-state index >= 15 is 0 Å². The normalized spacial score (nSPS) is 22.1. The quantitative estimate of drug-likeness (QED) is 0.645. The maximum absolute atomic E-state index is 12.1. The predicted molar refractivity (Wildman–Crippen MR) is 89.6 cm³/mol. The van der Waals surface area contributed by atoms with Crippen LogP contribution in [0.1, 0.15) is 18.9 Å². The van der Waals surface area contributed by atoms with Gasteiger partial charge < -0.3 is 15.0 Å². The Morgan fingerprint density at radius 3 is 2.79 bits per heavy atom. The smallest absolute Gasteiger partial charge is 0.336 e. The number of rotatable bonds is 5. The van der Waals surface area contributed by atoms with Crippen molar-refractivity contribution >= 4 is 29.5 Å². The van der Waals surface area contributed by atoms with E-state index in [1.807, 2.05) is 30.3 Å². The molecule has 0 radical (unpaired) electrons. The number of nitrogens with zero attached hydrogens (tertiary/aromatic N) is 1. The van der Waals surface area contributed by atoms with E-state index < -0.39 is 12.0 Å². The van der Waals surface area contributed by atoms with Crippen LogP contribution >= 0.6 is 11.8 Å². The highest BCUT2D eigenvalue weighted by atomic mass is 32.2. The van der Waals surface area contributed by atoms with E-state index in [0.29, 0.717) is 17.7 Å². The number of nitrogens with one attached hydrogen (secondary N) is 1. The van der Waals surface area contributed by atoms with E-state index in [1.165, 1.54) is 16.7 Å². The van der Waals surface area contributed by atoms with Crippen molar-refractivity contribution in [1.29, 1.82) is 0 Å². The lowest BCUT2D eigenvalue weighted by Gasteiger charge is -2.47. The summed E-state index contributed by atoms with van der Waals surface area (Å²) in [6.45, 7) is 1.94. The second kappa shape index (κ2) is 7.09. The molecule has 2 aliphatic rings. The lowest BCUT2D eigenvalue weighted by atomic mass is 10.1. The molecule has 2 aliphatic heterocycles. The number of thioether (sulfide) groups is 1. The molecule has 1 fully saturated rings. The van der Waals surface area contributed by atoms with Crippen LogP contribution < -0.4 is 5.32 Å². The number of hydrogen-bond acceptors (Lipinski definition) is 5. The van der Waals surface area contributed by atoms with Gasteiger partial charge in [0.05, 0.1) is 5.57 Å². The molecule has 1 N–H and O–H groups in total. The topological polar surface area (TPSA) is 75.7 Å². The van der Waals surface area contributed by atoms with Crippen LogP contribution in [0, 0.1) is 0 Å². The summed E-state index contributed by atoms with van der Waals surface area (Å²) >= 11 is 1.46. The molecule has 0 aliphatic carbocycles. The van der Waals surface area contributed by atoms with Gasteiger partial charge in [0.15, 0.2) is 0 Å². The molecule has 126 valence electrons. The van der Waals surface area contributed by atoms with Gasteiger partial charge in [-0.1, -0.05) is 37.3 Å². The van der Waals surface area contributed by atoms with Gasteiger partial charge in [-0.05, 0) is 5.56 Å². The van der Waals surface area contributed by atoms with Gasteiger partial charge in [0.1, 0.15) is 18.0 Å². The Morgan fingerprint density at radius 2 is 2.08 bits per heavy atom. The third-order valence-corrected chi connectivity index (χ3v) is 5.22. The van der Waals surface area contributed by atoms with Crippen molar-refractivity contribution in [2.45, 2.75) is 31.4 Å². The number of benzene rings is 1. The fourth-order valence-electron chi connectivity index (χ4n) is 2.52. The number of amides is 2. The van der Waals surface area contributed by atoms with E-state index in [2.05, 4.69) is 5.32 Å². The first-order valence-corrected chi connectivity index (χ1v) is 8.80. The SMILES string of the molecule is CCC(=O)NC1C(=O)N2C=C(C(=O)OCc3ccccc3)CS[C@H]12. The molecule has 2 atom stereocenters. The van der Waals surface area contributed by atoms with Crippen LogP contribution in [0.2, 0.25) is 0 Å². The van der Waals surface area contributed by atoms with Crippen LogP contribution in [0.3, 0.4) is 0 Å². The van der Waals surface area contributed by atoms with Gasteiger partial charge in [0.2, 0.25) is 5.91 Å². The first-order valence-electron chi connectivity index (χ1n) is 7.75. The van der Waals surface area contributed by atoms with Gasteiger partial charge in [0.25, 0.3) is 5.91 Å². The van der Waals surface area contributed by atoms with Gasteiger partial charge in [-0.2, -0.15) is 0 Å². The molecular weight excluding hydrogens is 328 g/mol. The van der Waals surface area contributed by atoms with Crippen LogP contribution in [-0.2, 0) is 25.7 Å². The molecule has 6 nitrogen and oxygen atoms in total. The Labute approximate surface area is 144 Å². The fourth-order valence-corrected chi connectivity index (χ4v) is 3.76. The van der Waals surface area contributed by atoms with Gasteiger partial charge in [-0.3, -0.25) is 9.59 Å². The monoisotopic (exact) mass is 346 g/mol. The van der Waals surface area contributed by atoms with E-state index in [1.54, 1.807) is 13.1 Å². The largest absolute Gasteiger partial charge is 0.457 e. The van der Waals surface area contributed by atoms with E-state index in [9.17, 15) is 14.4 Å². The number of ether oxygens (including phenoxy) is 1. The number of β-lactam (4-membered cyclic amide) rings is 1. The molecule has 0 bridgehead atoms. The highest BCUT2D eigenvalue weighted by molar-refractivity contribution is 8.00. The number of esters is 1. The van der Waals surface area contributed by atoms with Crippen molar-refractivity contribution in [2.75, 3.05) is 5.75 Å². The number of fused-ring (bicyclic) bond motifs is 1. The summed E-state index contributed by atoms with van der Waals surface area (Å²) in [6, 6.07) is 8.93. The summed E-state index contributed by atoms with van der Waals surface area (Å²) < 4.78 is 5.29. The third kappa shape index (κ3) is 3.31. The molecule has 1 unspecified atom stereocenters. The van der Waals surface area contributed by atoms with E-state index in [-0.39, 0.29) is 23.8 Å². The van der Waals surface area contributed by atoms with Crippen molar-refractivity contribution in [3.05, 3.63) is 47.7 Å². The van der Waals surface area contributed by atoms with Crippen LogP contribution in [-0.4, -0.2) is 39.9 Å². The van der Waals surface area contributed by atoms with Crippen LogP contribution in [0.25, 0.3) is 0 Å². The van der Waals surface area contributed by atoms with Crippen molar-refractivity contribution in [2.24, 2.45) is 0 Å². The Balaban J connectivity index is 1.57. The maximum atomic E-state index is 12.1. The Bertz CT molecular complexity index is 689. The van der Waals surface area contributed by atoms with Crippen molar-refractivity contribution in [1.82, 2.24) is 10.2 Å². The zero-order valence-electron chi connectivity index (χ0n) is 13.2. The Kier molecular flexibility index (Phi) is 4.89. The molecule has 0 saturated carbocycles. The molecule has 7 heteroatoms. The van der Waals surface area contributed by atoms with Gasteiger partial charge >= 0.3 is 5.97 Å². The average molecular weight is 346 g/mol. The van der Waals surface area contributed by atoms with Crippen LogP contribution in [0.5, 0.6) is 0 Å². The summed E-state index contributed by atoms with van der Waals surface area (Å²) in [5, 5.41) is 2.57. The number of carbonyl (C=O) groups excluding carboxylic acids is 3. The van der Waals surface area contributed by atoms with Crippen molar-refractivity contribution < 1.29 is 19.1 Å². The average Bonchev–Trinajstić information content (AvgIpc) is 2.64. The standard InChI is InChI=1S/C17H18N2O4S/c1-2-13(20)18-14-15(21)19-8-12(10-24-16(14)19)17(22)23-9-11-6-4-3-5-7-11/h3-8,14,16H,2,9-10H2,1H3,(H,18,20)/t14?,16-/m1/s1.